The fraction of sp³-hybridized carbons (Fsp3) is 0.400. The second-order valence-electron chi connectivity index (χ2n) is 6.20. The van der Waals surface area contributed by atoms with Crippen LogP contribution in [0.25, 0.3) is 0 Å². The number of carbonyl (C=O) groups excluding carboxylic acids is 1. The molecule has 0 aliphatic carbocycles. The fourth-order valence-corrected chi connectivity index (χ4v) is 3.05. The largest absolute Gasteiger partial charge is 0.491 e. The Morgan fingerprint density at radius 3 is 2.62 bits per heavy atom. The van der Waals surface area contributed by atoms with Crippen LogP contribution in [-0.4, -0.2) is 55.2 Å². The number of aromatic nitrogens is 1. The lowest BCUT2D eigenvalue weighted by atomic mass is 10.1. The molecule has 1 aliphatic rings. The van der Waals surface area contributed by atoms with Crippen molar-refractivity contribution in [2.24, 2.45) is 0 Å². The summed E-state index contributed by atoms with van der Waals surface area (Å²) >= 11 is 0. The van der Waals surface area contributed by atoms with Crippen LogP contribution in [-0.2, 0) is 6.42 Å². The molecule has 2 amide bonds. The Morgan fingerprint density at radius 1 is 1.12 bits per heavy atom. The predicted octanol–water partition coefficient (Wildman–Crippen LogP) is 2.55. The van der Waals surface area contributed by atoms with Crippen molar-refractivity contribution in [2.45, 2.75) is 13.3 Å². The second kappa shape index (κ2) is 9.08. The van der Waals surface area contributed by atoms with Gasteiger partial charge in [0.1, 0.15) is 18.2 Å². The Bertz CT molecular complexity index is 700. The number of amides is 2. The first-order chi connectivity index (χ1) is 12.8. The fourth-order valence-electron chi connectivity index (χ4n) is 3.05. The van der Waals surface area contributed by atoms with Crippen LogP contribution in [0.4, 0.5) is 10.6 Å². The van der Waals surface area contributed by atoms with Crippen molar-refractivity contribution in [3.8, 4) is 5.75 Å². The van der Waals surface area contributed by atoms with Gasteiger partial charge in [-0.25, -0.2) is 9.78 Å². The van der Waals surface area contributed by atoms with E-state index in [4.69, 9.17) is 4.74 Å². The molecule has 1 N–H and O–H groups in total. The van der Waals surface area contributed by atoms with E-state index in [1.807, 2.05) is 41.3 Å². The molecule has 2 aromatic rings. The van der Waals surface area contributed by atoms with Gasteiger partial charge in [0.05, 0.1) is 6.54 Å². The highest BCUT2D eigenvalue weighted by Gasteiger charge is 2.21. The molecule has 26 heavy (non-hydrogen) atoms. The Kier molecular flexibility index (Phi) is 6.30. The van der Waals surface area contributed by atoms with Gasteiger partial charge in [0, 0.05) is 32.4 Å². The number of aryl methyl sites for hydroxylation is 1. The van der Waals surface area contributed by atoms with Crippen molar-refractivity contribution in [2.75, 3.05) is 44.2 Å². The van der Waals surface area contributed by atoms with Gasteiger partial charge in [-0.3, -0.25) is 0 Å². The lowest BCUT2D eigenvalue weighted by Crippen LogP contribution is -2.52. The zero-order valence-corrected chi connectivity index (χ0v) is 15.2. The maximum Gasteiger partial charge on any atom is 0.317 e. The third-order valence-corrected chi connectivity index (χ3v) is 4.53. The minimum atomic E-state index is -0.0296. The number of hydrogen-bond acceptors (Lipinski definition) is 4. The molecule has 0 bridgehead atoms. The molecule has 3 rings (SSSR count). The number of hydrogen-bond donors (Lipinski definition) is 1. The number of carbonyl (C=O) groups is 1. The van der Waals surface area contributed by atoms with Crippen molar-refractivity contribution < 1.29 is 9.53 Å². The SMILES string of the molecule is CCc1ccccc1OCCNC(=O)N1CCN(c2ccccn2)CC1. The van der Waals surface area contributed by atoms with Gasteiger partial charge in [0.2, 0.25) is 0 Å². The third-order valence-electron chi connectivity index (χ3n) is 4.53. The van der Waals surface area contributed by atoms with Gasteiger partial charge in [-0.2, -0.15) is 0 Å². The summed E-state index contributed by atoms with van der Waals surface area (Å²) in [5.41, 5.74) is 1.18. The van der Waals surface area contributed by atoms with Gasteiger partial charge in [-0.15, -0.1) is 0 Å². The highest BCUT2D eigenvalue weighted by Crippen LogP contribution is 2.18. The maximum atomic E-state index is 12.3. The van der Waals surface area contributed by atoms with Crippen LogP contribution in [0.5, 0.6) is 5.75 Å². The molecule has 0 saturated carbocycles. The van der Waals surface area contributed by atoms with E-state index in [1.54, 1.807) is 6.20 Å². The summed E-state index contributed by atoms with van der Waals surface area (Å²) < 4.78 is 5.79. The van der Waals surface area contributed by atoms with Crippen LogP contribution in [0.1, 0.15) is 12.5 Å². The first kappa shape index (κ1) is 18.0. The van der Waals surface area contributed by atoms with Crippen LogP contribution >= 0.6 is 0 Å². The molecule has 6 nitrogen and oxygen atoms in total. The van der Waals surface area contributed by atoms with Gasteiger partial charge in [-0.1, -0.05) is 31.2 Å². The number of pyridine rings is 1. The number of anilines is 1. The van der Waals surface area contributed by atoms with E-state index in [-0.39, 0.29) is 6.03 Å². The van der Waals surface area contributed by atoms with Crippen molar-refractivity contribution in [1.82, 2.24) is 15.2 Å². The standard InChI is InChI=1S/C20H26N4O2/c1-2-17-7-3-4-8-18(17)26-16-11-22-20(25)24-14-12-23(13-15-24)19-9-5-6-10-21-19/h3-10H,2,11-16H2,1H3,(H,22,25). The monoisotopic (exact) mass is 354 g/mol. The number of nitrogens with zero attached hydrogens (tertiary/aromatic N) is 3. The molecule has 0 atom stereocenters. The Labute approximate surface area is 154 Å². The van der Waals surface area contributed by atoms with E-state index in [9.17, 15) is 4.79 Å². The lowest BCUT2D eigenvalue weighted by molar-refractivity contribution is 0.191. The number of urea groups is 1. The average Bonchev–Trinajstić information content (AvgIpc) is 2.72. The molecule has 2 heterocycles. The summed E-state index contributed by atoms with van der Waals surface area (Å²) in [5.74, 6) is 1.86. The maximum absolute atomic E-state index is 12.3. The smallest absolute Gasteiger partial charge is 0.317 e. The van der Waals surface area contributed by atoms with Gasteiger partial charge in [0.15, 0.2) is 0 Å². The molecule has 138 valence electrons. The summed E-state index contributed by atoms with van der Waals surface area (Å²) in [6.45, 7) is 6.06. The normalized spacial score (nSPS) is 14.2. The van der Waals surface area contributed by atoms with E-state index >= 15 is 0 Å². The first-order valence-corrected chi connectivity index (χ1v) is 9.17. The summed E-state index contributed by atoms with van der Waals surface area (Å²) in [4.78, 5) is 20.7. The molecule has 1 saturated heterocycles. The molecule has 1 aromatic carbocycles. The lowest BCUT2D eigenvalue weighted by Gasteiger charge is -2.35. The molecular weight excluding hydrogens is 328 g/mol. The molecule has 0 radical (unpaired) electrons. The van der Waals surface area contributed by atoms with Crippen LogP contribution < -0.4 is 15.0 Å². The zero-order valence-electron chi connectivity index (χ0n) is 15.2. The Hall–Kier alpha value is -2.76. The van der Waals surface area contributed by atoms with E-state index in [2.05, 4.69) is 28.2 Å². The molecule has 1 fully saturated rings. The third kappa shape index (κ3) is 4.65. The van der Waals surface area contributed by atoms with Crippen molar-refractivity contribution in [3.05, 3.63) is 54.2 Å². The van der Waals surface area contributed by atoms with Crippen LogP contribution in [0.15, 0.2) is 48.7 Å². The molecule has 1 aromatic heterocycles. The number of para-hydroxylation sites is 1. The van der Waals surface area contributed by atoms with Gasteiger partial charge in [0.25, 0.3) is 0 Å². The summed E-state index contributed by atoms with van der Waals surface area (Å²) in [7, 11) is 0. The number of piperazine rings is 1. The first-order valence-electron chi connectivity index (χ1n) is 9.17. The number of rotatable bonds is 6. The van der Waals surface area contributed by atoms with E-state index in [0.29, 0.717) is 26.2 Å². The predicted molar refractivity (Wildman–Crippen MR) is 103 cm³/mol. The molecular formula is C20H26N4O2. The van der Waals surface area contributed by atoms with Crippen molar-refractivity contribution in [3.63, 3.8) is 0 Å². The number of benzene rings is 1. The molecule has 0 spiro atoms. The number of ether oxygens (including phenoxy) is 1. The highest BCUT2D eigenvalue weighted by molar-refractivity contribution is 5.74. The van der Waals surface area contributed by atoms with E-state index < -0.39 is 0 Å². The van der Waals surface area contributed by atoms with Gasteiger partial charge in [-0.05, 0) is 30.2 Å². The minimum absolute atomic E-state index is 0.0296. The van der Waals surface area contributed by atoms with Gasteiger partial charge < -0.3 is 19.9 Å². The topological polar surface area (TPSA) is 57.7 Å². The average molecular weight is 354 g/mol. The molecule has 0 unspecified atom stereocenters. The van der Waals surface area contributed by atoms with Gasteiger partial charge >= 0.3 is 6.03 Å². The van der Waals surface area contributed by atoms with Crippen LogP contribution in [0.3, 0.4) is 0 Å². The zero-order chi connectivity index (χ0) is 18.2. The summed E-state index contributed by atoms with van der Waals surface area (Å²) in [6.07, 6.45) is 2.73. The Balaban J connectivity index is 1.38. The minimum Gasteiger partial charge on any atom is -0.491 e. The second-order valence-corrected chi connectivity index (χ2v) is 6.20. The molecule has 6 heteroatoms. The van der Waals surface area contributed by atoms with E-state index in [0.717, 1.165) is 31.1 Å². The van der Waals surface area contributed by atoms with Crippen molar-refractivity contribution in [1.29, 1.82) is 0 Å². The van der Waals surface area contributed by atoms with Crippen LogP contribution in [0, 0.1) is 0 Å². The van der Waals surface area contributed by atoms with E-state index in [1.165, 1.54) is 5.56 Å². The summed E-state index contributed by atoms with van der Waals surface area (Å²) in [5, 5.41) is 2.94. The number of nitrogens with one attached hydrogen (secondary N) is 1. The summed E-state index contributed by atoms with van der Waals surface area (Å²) in [6, 6.07) is 13.9. The molecule has 1 aliphatic heterocycles. The highest BCUT2D eigenvalue weighted by atomic mass is 16.5. The van der Waals surface area contributed by atoms with Crippen molar-refractivity contribution >= 4 is 11.8 Å². The van der Waals surface area contributed by atoms with Crippen LogP contribution in [0.2, 0.25) is 0 Å². The Morgan fingerprint density at radius 2 is 1.88 bits per heavy atom. The quantitative estimate of drug-likeness (QED) is 0.810.